The van der Waals surface area contributed by atoms with E-state index in [2.05, 4.69) is 12.0 Å². The Hall–Kier alpha value is -3.33. The van der Waals surface area contributed by atoms with E-state index in [1.54, 1.807) is 23.2 Å². The molecule has 0 radical (unpaired) electrons. The van der Waals surface area contributed by atoms with E-state index in [0.29, 0.717) is 37.7 Å². The standard InChI is InChI=1S/C28H36N4O5/c1-5-28(16-31(17-28)26(34)37-27(2,3)4)18-36-23-14-22(19-9-11-20(33)12-10-19)30-25-21(23)15-29-32(25)24-8-6-7-13-35-24/h9-12,14-15,24,33H,5-8,13,16-18H2,1-4H3. The summed E-state index contributed by atoms with van der Waals surface area (Å²) in [6.07, 6.45) is 5.25. The van der Waals surface area contributed by atoms with Gasteiger partial charge in [0.2, 0.25) is 0 Å². The molecule has 0 spiro atoms. The van der Waals surface area contributed by atoms with Gasteiger partial charge in [0.25, 0.3) is 0 Å². The fourth-order valence-electron chi connectivity index (χ4n) is 4.88. The van der Waals surface area contributed by atoms with Gasteiger partial charge in [0.05, 0.1) is 23.9 Å². The average molecular weight is 509 g/mol. The Balaban J connectivity index is 1.41. The molecule has 5 rings (SSSR count). The minimum atomic E-state index is -0.520. The zero-order valence-corrected chi connectivity index (χ0v) is 22.1. The molecule has 2 saturated heterocycles. The van der Waals surface area contributed by atoms with Crippen molar-refractivity contribution in [3.05, 3.63) is 36.5 Å². The van der Waals surface area contributed by atoms with Gasteiger partial charge in [-0.2, -0.15) is 5.10 Å². The van der Waals surface area contributed by atoms with E-state index in [-0.39, 0.29) is 23.5 Å². The van der Waals surface area contributed by atoms with Gasteiger partial charge in [-0.1, -0.05) is 6.92 Å². The first-order chi connectivity index (χ1) is 17.7. The second kappa shape index (κ2) is 9.85. The monoisotopic (exact) mass is 508 g/mol. The number of hydrogen-bond acceptors (Lipinski definition) is 7. The van der Waals surface area contributed by atoms with Crippen molar-refractivity contribution in [1.82, 2.24) is 19.7 Å². The second-order valence-electron chi connectivity index (χ2n) is 11.2. The number of nitrogens with zero attached hydrogens (tertiary/aromatic N) is 4. The molecule has 2 aliphatic rings. The summed E-state index contributed by atoms with van der Waals surface area (Å²) in [6, 6.07) is 8.90. The Bertz CT molecular complexity index is 1250. The van der Waals surface area contributed by atoms with Crippen molar-refractivity contribution in [1.29, 1.82) is 0 Å². The van der Waals surface area contributed by atoms with Crippen LogP contribution in [0.4, 0.5) is 4.79 Å². The number of ether oxygens (including phenoxy) is 3. The van der Waals surface area contributed by atoms with Gasteiger partial charge in [-0.25, -0.2) is 14.5 Å². The molecule has 9 nitrogen and oxygen atoms in total. The number of carbonyl (C=O) groups excluding carboxylic acids is 1. The van der Waals surface area contributed by atoms with Gasteiger partial charge in [0.1, 0.15) is 17.1 Å². The van der Waals surface area contributed by atoms with Gasteiger partial charge in [0.15, 0.2) is 11.9 Å². The number of carbonyl (C=O) groups is 1. The smallest absolute Gasteiger partial charge is 0.410 e. The lowest BCUT2D eigenvalue weighted by Crippen LogP contribution is -2.61. The Kier molecular flexibility index (Phi) is 6.74. The molecule has 2 aliphatic heterocycles. The fraction of sp³-hybridized carbons (Fsp3) is 0.536. The van der Waals surface area contributed by atoms with Crippen LogP contribution in [0.25, 0.3) is 22.3 Å². The molecule has 2 fully saturated rings. The first kappa shape index (κ1) is 25.3. The van der Waals surface area contributed by atoms with Gasteiger partial charge >= 0.3 is 6.09 Å². The van der Waals surface area contributed by atoms with E-state index in [1.807, 2.05) is 43.7 Å². The molecule has 1 aromatic carbocycles. The largest absolute Gasteiger partial charge is 0.508 e. The SMILES string of the molecule is CCC1(COc2cc(-c3ccc(O)cc3)nc3c2cnn3C2CCCCO2)CN(C(=O)OC(C)(C)C)C1. The fourth-order valence-corrected chi connectivity index (χ4v) is 4.88. The first-order valence-corrected chi connectivity index (χ1v) is 13.1. The molecule has 2 aromatic heterocycles. The lowest BCUT2D eigenvalue weighted by Gasteiger charge is -2.49. The quantitative estimate of drug-likeness (QED) is 0.467. The molecule has 1 unspecified atom stereocenters. The molecule has 1 amide bonds. The molecule has 0 saturated carbocycles. The van der Waals surface area contributed by atoms with Crippen LogP contribution in [-0.4, -0.2) is 62.8 Å². The zero-order valence-electron chi connectivity index (χ0n) is 22.1. The number of amides is 1. The molecule has 3 aromatic rings. The highest BCUT2D eigenvalue weighted by atomic mass is 16.6. The average Bonchev–Trinajstić information content (AvgIpc) is 3.27. The van der Waals surface area contributed by atoms with E-state index in [0.717, 1.165) is 42.3 Å². The molecule has 0 aliphatic carbocycles. The third kappa shape index (κ3) is 5.37. The van der Waals surface area contributed by atoms with Crippen LogP contribution in [0.3, 0.4) is 0 Å². The molecule has 9 heteroatoms. The second-order valence-corrected chi connectivity index (χ2v) is 11.2. The zero-order chi connectivity index (χ0) is 26.2. The minimum Gasteiger partial charge on any atom is -0.508 e. The number of phenolic OH excluding ortho intramolecular Hbond substituents is 1. The maximum absolute atomic E-state index is 12.5. The molecule has 1 N–H and O–H groups in total. The molecular weight excluding hydrogens is 472 g/mol. The third-order valence-corrected chi connectivity index (χ3v) is 7.11. The van der Waals surface area contributed by atoms with Crippen molar-refractivity contribution < 1.29 is 24.1 Å². The highest BCUT2D eigenvalue weighted by Gasteiger charge is 2.46. The molecule has 1 atom stereocenters. The van der Waals surface area contributed by atoms with Crippen molar-refractivity contribution in [2.45, 2.75) is 65.2 Å². The molecule has 198 valence electrons. The topological polar surface area (TPSA) is 98.9 Å². The van der Waals surface area contributed by atoms with Crippen LogP contribution >= 0.6 is 0 Å². The van der Waals surface area contributed by atoms with Gasteiger partial charge in [-0.05, 0) is 70.7 Å². The van der Waals surface area contributed by atoms with Gasteiger partial charge in [-0.15, -0.1) is 0 Å². The number of aromatic nitrogens is 3. The van der Waals surface area contributed by atoms with Crippen LogP contribution in [-0.2, 0) is 9.47 Å². The summed E-state index contributed by atoms with van der Waals surface area (Å²) in [5, 5.41) is 15.2. The molecule has 37 heavy (non-hydrogen) atoms. The van der Waals surface area contributed by atoms with E-state index < -0.39 is 5.60 Å². The summed E-state index contributed by atoms with van der Waals surface area (Å²) < 4.78 is 19.9. The Morgan fingerprint density at radius 2 is 1.97 bits per heavy atom. The summed E-state index contributed by atoms with van der Waals surface area (Å²) in [4.78, 5) is 19.2. The number of aromatic hydroxyl groups is 1. The predicted molar refractivity (Wildman–Crippen MR) is 139 cm³/mol. The third-order valence-electron chi connectivity index (χ3n) is 7.11. The molecule has 4 heterocycles. The van der Waals surface area contributed by atoms with Gasteiger partial charge < -0.3 is 24.2 Å². The van der Waals surface area contributed by atoms with Crippen molar-refractivity contribution in [2.75, 3.05) is 26.3 Å². The van der Waals surface area contributed by atoms with Crippen molar-refractivity contribution in [2.24, 2.45) is 5.41 Å². The number of benzene rings is 1. The number of rotatable bonds is 6. The highest BCUT2D eigenvalue weighted by Crippen LogP contribution is 2.38. The number of pyridine rings is 1. The predicted octanol–water partition coefficient (Wildman–Crippen LogP) is 5.53. The van der Waals surface area contributed by atoms with E-state index in [9.17, 15) is 9.90 Å². The van der Waals surface area contributed by atoms with Crippen molar-refractivity contribution in [3.63, 3.8) is 0 Å². The van der Waals surface area contributed by atoms with Crippen LogP contribution < -0.4 is 4.74 Å². The van der Waals surface area contributed by atoms with Crippen LogP contribution in [0, 0.1) is 5.41 Å². The number of fused-ring (bicyclic) bond motifs is 1. The Morgan fingerprint density at radius 1 is 1.22 bits per heavy atom. The van der Waals surface area contributed by atoms with Gasteiger partial charge in [0, 0.05) is 36.7 Å². The van der Waals surface area contributed by atoms with Crippen molar-refractivity contribution in [3.8, 4) is 22.8 Å². The lowest BCUT2D eigenvalue weighted by atomic mass is 9.78. The lowest BCUT2D eigenvalue weighted by molar-refractivity contribution is -0.0526. The van der Waals surface area contributed by atoms with E-state index in [1.165, 1.54) is 0 Å². The van der Waals surface area contributed by atoms with Crippen LogP contribution in [0.15, 0.2) is 36.5 Å². The summed E-state index contributed by atoms with van der Waals surface area (Å²) in [6.45, 7) is 10.1. The molecule has 0 bridgehead atoms. The summed E-state index contributed by atoms with van der Waals surface area (Å²) in [5.74, 6) is 0.894. The highest BCUT2D eigenvalue weighted by molar-refractivity contribution is 5.85. The van der Waals surface area contributed by atoms with Crippen LogP contribution in [0.5, 0.6) is 11.5 Å². The van der Waals surface area contributed by atoms with Crippen LogP contribution in [0.1, 0.15) is 59.6 Å². The molecular formula is C28H36N4O5. The Labute approximate surface area is 217 Å². The number of likely N-dealkylation sites (tertiary alicyclic amines) is 1. The Morgan fingerprint density at radius 3 is 2.62 bits per heavy atom. The summed E-state index contributed by atoms with van der Waals surface area (Å²) >= 11 is 0. The van der Waals surface area contributed by atoms with E-state index in [4.69, 9.17) is 19.2 Å². The van der Waals surface area contributed by atoms with Gasteiger partial charge in [-0.3, -0.25) is 0 Å². The maximum Gasteiger partial charge on any atom is 0.410 e. The van der Waals surface area contributed by atoms with Crippen molar-refractivity contribution >= 4 is 17.1 Å². The summed E-state index contributed by atoms with van der Waals surface area (Å²) in [7, 11) is 0. The maximum atomic E-state index is 12.5. The number of phenols is 1. The van der Waals surface area contributed by atoms with E-state index >= 15 is 0 Å². The number of hydrogen-bond donors (Lipinski definition) is 1. The minimum absolute atomic E-state index is 0.145. The normalized spacial score (nSPS) is 19.5. The van der Waals surface area contributed by atoms with Crippen LogP contribution in [0.2, 0.25) is 0 Å². The first-order valence-electron chi connectivity index (χ1n) is 13.1. The summed E-state index contributed by atoms with van der Waals surface area (Å²) in [5.41, 5.74) is 1.64.